The molecule has 2 nitrogen and oxygen atoms in total. The zero-order valence-electron chi connectivity index (χ0n) is 15.8. The Labute approximate surface area is 175 Å². The van der Waals surface area contributed by atoms with Gasteiger partial charge in [0.05, 0.1) is 11.4 Å². The summed E-state index contributed by atoms with van der Waals surface area (Å²) < 4.78 is 56.8. The molecule has 0 saturated carbocycles. The number of rotatable bonds is 4. The van der Waals surface area contributed by atoms with Gasteiger partial charge in [0.25, 0.3) is 0 Å². The van der Waals surface area contributed by atoms with Crippen LogP contribution in [0.25, 0.3) is 28.1 Å². The number of hydrogen-bond acceptors (Lipinski definition) is 2. The van der Waals surface area contributed by atoms with Gasteiger partial charge in [-0.1, -0.05) is 42.5 Å². The van der Waals surface area contributed by atoms with Crippen molar-refractivity contribution in [1.82, 2.24) is 9.78 Å². The van der Waals surface area contributed by atoms with E-state index in [9.17, 15) is 17.6 Å². The first-order valence-corrected chi connectivity index (χ1v) is 10.3. The van der Waals surface area contributed by atoms with Crippen molar-refractivity contribution >= 4 is 11.8 Å². The van der Waals surface area contributed by atoms with Gasteiger partial charge in [0.15, 0.2) is 5.69 Å². The number of benzene rings is 3. The van der Waals surface area contributed by atoms with Gasteiger partial charge in [-0.15, -0.1) is 11.8 Å². The number of alkyl halides is 3. The molecule has 0 amide bonds. The molecule has 4 aromatic rings. The van der Waals surface area contributed by atoms with E-state index >= 15 is 0 Å². The zero-order chi connectivity index (χ0) is 21.3. The fraction of sp³-hybridized carbons (Fsp3) is 0.0870. The number of halogens is 4. The third-order valence-electron chi connectivity index (χ3n) is 4.65. The molecule has 0 radical (unpaired) electrons. The summed E-state index contributed by atoms with van der Waals surface area (Å²) in [5.74, 6) is -0.520. The van der Waals surface area contributed by atoms with Crippen LogP contribution in [-0.2, 0) is 6.18 Å². The lowest BCUT2D eigenvalue weighted by Gasteiger charge is -2.12. The van der Waals surface area contributed by atoms with E-state index in [0.717, 1.165) is 17.0 Å². The average molecular weight is 428 g/mol. The first-order chi connectivity index (χ1) is 14.4. The summed E-state index contributed by atoms with van der Waals surface area (Å²) in [6.07, 6.45) is -2.76. The standard InChI is InChI=1S/C23H16F4N2S/c1-30-19-13-9-16(10-14-19)21-20(15-7-11-17(24)12-8-15)22(23(25,26)27)28-29(21)18-5-3-2-4-6-18/h2-14H,1H3. The molecule has 3 aromatic carbocycles. The van der Waals surface area contributed by atoms with Gasteiger partial charge in [0.1, 0.15) is 5.82 Å². The molecule has 0 atom stereocenters. The highest BCUT2D eigenvalue weighted by Gasteiger charge is 2.40. The fourth-order valence-corrected chi connectivity index (χ4v) is 3.69. The van der Waals surface area contributed by atoms with Crippen LogP contribution in [0, 0.1) is 5.82 Å². The van der Waals surface area contributed by atoms with Crippen LogP contribution in [0.5, 0.6) is 0 Å². The van der Waals surface area contributed by atoms with Crippen molar-refractivity contribution in [2.75, 3.05) is 6.26 Å². The largest absolute Gasteiger partial charge is 0.435 e. The van der Waals surface area contributed by atoms with Crippen LogP contribution in [0.2, 0.25) is 0 Å². The average Bonchev–Trinajstić information content (AvgIpc) is 3.16. The van der Waals surface area contributed by atoms with Gasteiger partial charge in [-0.3, -0.25) is 0 Å². The molecule has 0 fully saturated rings. The van der Waals surface area contributed by atoms with Crippen LogP contribution in [0.1, 0.15) is 5.69 Å². The molecule has 0 aliphatic rings. The number of aromatic nitrogens is 2. The minimum atomic E-state index is -4.68. The van der Waals surface area contributed by atoms with E-state index in [1.807, 2.05) is 18.4 Å². The fourth-order valence-electron chi connectivity index (χ4n) is 3.28. The lowest BCUT2D eigenvalue weighted by molar-refractivity contribution is -0.140. The van der Waals surface area contributed by atoms with Crippen molar-refractivity contribution in [2.45, 2.75) is 11.1 Å². The Morgan fingerprint density at radius 2 is 1.40 bits per heavy atom. The van der Waals surface area contributed by atoms with Gasteiger partial charge >= 0.3 is 6.18 Å². The molecule has 0 aliphatic carbocycles. The summed E-state index contributed by atoms with van der Waals surface area (Å²) >= 11 is 1.54. The molecule has 152 valence electrons. The monoisotopic (exact) mass is 428 g/mol. The first kappa shape index (κ1) is 20.2. The molecular formula is C23H16F4N2S. The van der Waals surface area contributed by atoms with E-state index in [1.54, 1.807) is 54.2 Å². The molecule has 0 N–H and O–H groups in total. The quantitative estimate of drug-likeness (QED) is 0.255. The number of nitrogens with zero attached hydrogens (tertiary/aromatic N) is 2. The molecule has 0 bridgehead atoms. The Morgan fingerprint density at radius 1 is 0.800 bits per heavy atom. The maximum atomic E-state index is 14.0. The highest BCUT2D eigenvalue weighted by Crippen LogP contribution is 2.43. The van der Waals surface area contributed by atoms with Crippen LogP contribution < -0.4 is 0 Å². The topological polar surface area (TPSA) is 17.8 Å². The predicted octanol–water partition coefficient (Wildman–Crippen LogP) is 7.09. The van der Waals surface area contributed by atoms with Gasteiger partial charge in [-0.2, -0.15) is 18.3 Å². The Hall–Kier alpha value is -3.06. The van der Waals surface area contributed by atoms with E-state index in [1.165, 1.54) is 16.8 Å². The van der Waals surface area contributed by atoms with Crippen molar-refractivity contribution in [2.24, 2.45) is 0 Å². The summed E-state index contributed by atoms with van der Waals surface area (Å²) in [7, 11) is 0. The lowest BCUT2D eigenvalue weighted by Crippen LogP contribution is -2.08. The zero-order valence-corrected chi connectivity index (χ0v) is 16.6. The van der Waals surface area contributed by atoms with Crippen LogP contribution >= 0.6 is 11.8 Å². The molecule has 30 heavy (non-hydrogen) atoms. The summed E-state index contributed by atoms with van der Waals surface area (Å²) in [6.45, 7) is 0. The van der Waals surface area contributed by atoms with E-state index in [2.05, 4.69) is 5.10 Å². The molecule has 7 heteroatoms. The third-order valence-corrected chi connectivity index (χ3v) is 5.39. The molecule has 0 unspecified atom stereocenters. The smallest absolute Gasteiger partial charge is 0.232 e. The minimum Gasteiger partial charge on any atom is -0.232 e. The number of para-hydroxylation sites is 1. The normalized spacial score (nSPS) is 11.6. The van der Waals surface area contributed by atoms with Crippen LogP contribution in [-0.4, -0.2) is 16.0 Å². The summed E-state index contributed by atoms with van der Waals surface area (Å²) in [4.78, 5) is 0.990. The number of hydrogen-bond donors (Lipinski definition) is 0. The molecule has 0 saturated heterocycles. The highest BCUT2D eigenvalue weighted by atomic mass is 32.2. The SMILES string of the molecule is CSc1ccc(-c2c(-c3ccc(F)cc3)c(C(F)(F)F)nn2-c2ccccc2)cc1. The van der Waals surface area contributed by atoms with Crippen molar-refractivity contribution in [3.8, 4) is 28.1 Å². The van der Waals surface area contributed by atoms with E-state index in [-0.39, 0.29) is 11.1 Å². The van der Waals surface area contributed by atoms with Crippen molar-refractivity contribution in [1.29, 1.82) is 0 Å². The van der Waals surface area contributed by atoms with Crippen LogP contribution in [0.15, 0.2) is 83.8 Å². The third kappa shape index (κ3) is 3.85. The van der Waals surface area contributed by atoms with Crippen LogP contribution in [0.4, 0.5) is 17.6 Å². The van der Waals surface area contributed by atoms with Gasteiger partial charge in [0.2, 0.25) is 0 Å². The van der Waals surface area contributed by atoms with Crippen molar-refractivity contribution in [3.63, 3.8) is 0 Å². The van der Waals surface area contributed by atoms with Gasteiger partial charge in [-0.25, -0.2) is 9.07 Å². The predicted molar refractivity (Wildman–Crippen MR) is 111 cm³/mol. The molecular weight excluding hydrogens is 412 g/mol. The Kier molecular flexibility index (Phi) is 5.39. The molecule has 1 heterocycles. The second kappa shape index (κ2) is 7.99. The van der Waals surface area contributed by atoms with Crippen molar-refractivity contribution < 1.29 is 17.6 Å². The van der Waals surface area contributed by atoms with Gasteiger partial charge in [-0.05, 0) is 48.2 Å². The van der Waals surface area contributed by atoms with Crippen molar-refractivity contribution in [3.05, 3.63) is 90.4 Å². The van der Waals surface area contributed by atoms with Gasteiger partial charge in [0, 0.05) is 16.0 Å². The maximum absolute atomic E-state index is 14.0. The second-order valence-corrected chi connectivity index (χ2v) is 7.43. The Morgan fingerprint density at radius 3 is 1.97 bits per heavy atom. The Bertz CT molecular complexity index is 1150. The Balaban J connectivity index is 2.07. The lowest BCUT2D eigenvalue weighted by atomic mass is 9.98. The van der Waals surface area contributed by atoms with Gasteiger partial charge < -0.3 is 0 Å². The maximum Gasteiger partial charge on any atom is 0.435 e. The molecule has 4 rings (SSSR count). The highest BCUT2D eigenvalue weighted by molar-refractivity contribution is 7.98. The number of thioether (sulfide) groups is 1. The van der Waals surface area contributed by atoms with Crippen LogP contribution in [0.3, 0.4) is 0 Å². The minimum absolute atomic E-state index is 0.0803. The molecule has 0 spiro atoms. The van der Waals surface area contributed by atoms with E-state index in [4.69, 9.17) is 0 Å². The molecule has 1 aromatic heterocycles. The first-order valence-electron chi connectivity index (χ1n) is 9.04. The second-order valence-electron chi connectivity index (χ2n) is 6.55. The summed E-state index contributed by atoms with van der Waals surface area (Å²) in [5.41, 5.74) is 0.534. The van der Waals surface area contributed by atoms with E-state index in [0.29, 0.717) is 16.9 Å². The van der Waals surface area contributed by atoms with E-state index < -0.39 is 17.7 Å². The summed E-state index contributed by atoms with van der Waals surface area (Å²) in [5, 5.41) is 3.96. The summed E-state index contributed by atoms with van der Waals surface area (Å²) in [6, 6.07) is 20.9. The molecule has 0 aliphatic heterocycles.